The van der Waals surface area contributed by atoms with Crippen molar-refractivity contribution in [2.75, 3.05) is 13.1 Å². The lowest BCUT2D eigenvalue weighted by molar-refractivity contribution is -0.189. The van der Waals surface area contributed by atoms with Crippen LogP contribution in [0.15, 0.2) is 24.3 Å². The number of unbranched alkanes of at least 4 members (excludes halogenated alkanes) is 1. The number of hydrogen-bond acceptors (Lipinski definition) is 6. The Morgan fingerprint density at radius 2 is 1.66 bits per heavy atom. The van der Waals surface area contributed by atoms with Crippen molar-refractivity contribution >= 4 is 17.8 Å². The summed E-state index contributed by atoms with van der Waals surface area (Å²) in [5.41, 5.74) is 6.09. The summed E-state index contributed by atoms with van der Waals surface area (Å²) in [6.07, 6.45) is -3.78. The zero-order chi connectivity index (χ0) is 29.0. The maximum atomic E-state index is 12.7. The summed E-state index contributed by atoms with van der Waals surface area (Å²) in [7, 11) is 0. The predicted octanol–water partition coefficient (Wildman–Crippen LogP) is 3.81. The van der Waals surface area contributed by atoms with Gasteiger partial charge in [-0.2, -0.15) is 13.2 Å². The molecule has 0 aromatic heterocycles. The number of benzene rings is 1. The highest BCUT2D eigenvalue weighted by Gasteiger charge is 2.42. The summed E-state index contributed by atoms with van der Waals surface area (Å²) in [6, 6.07) is 4.49. The maximum absolute atomic E-state index is 12.7. The lowest BCUT2D eigenvalue weighted by Crippen LogP contribution is -2.44. The summed E-state index contributed by atoms with van der Waals surface area (Å²) < 4.78 is 42.2. The molecule has 216 valence electrons. The number of aliphatic hydroxyl groups is 1. The van der Waals surface area contributed by atoms with Gasteiger partial charge in [-0.1, -0.05) is 53.2 Å². The van der Waals surface area contributed by atoms with E-state index in [9.17, 15) is 32.7 Å². The minimum Gasteiger partial charge on any atom is -0.419 e. The first-order valence-corrected chi connectivity index (χ1v) is 13.1. The van der Waals surface area contributed by atoms with E-state index >= 15 is 0 Å². The van der Waals surface area contributed by atoms with E-state index < -0.39 is 41.9 Å². The molecule has 8 nitrogen and oxygen atoms in total. The standard InChI is InChI=1S/C27H42F3N3O5/c1-6-7-12-32-25(36)20(17(4)5)14-22(34)21(31)13-18(16(2)3)15-33-24(35)19-10-8-9-11-23(19)38-26(37)27(28,29)30/h8-11,16-18,20-22,34H,6-7,12-15,31H2,1-5H3,(H,32,36)(H,33,35)/t18-,20+,21+,22+/m1/s1. The van der Waals surface area contributed by atoms with Crippen LogP contribution in [-0.4, -0.2) is 54.3 Å². The summed E-state index contributed by atoms with van der Waals surface area (Å²) in [5.74, 6) is -4.27. The van der Waals surface area contributed by atoms with Gasteiger partial charge in [0.05, 0.1) is 11.7 Å². The van der Waals surface area contributed by atoms with Crippen LogP contribution in [0.4, 0.5) is 13.2 Å². The number of ether oxygens (including phenoxy) is 1. The molecule has 38 heavy (non-hydrogen) atoms. The van der Waals surface area contributed by atoms with Crippen molar-refractivity contribution in [2.24, 2.45) is 29.4 Å². The first kappa shape index (κ1) is 33.4. The smallest absolute Gasteiger partial charge is 0.419 e. The van der Waals surface area contributed by atoms with Crippen LogP contribution in [0, 0.1) is 23.7 Å². The van der Waals surface area contributed by atoms with Gasteiger partial charge in [0.15, 0.2) is 0 Å². The molecule has 0 radical (unpaired) electrons. The number of rotatable bonds is 15. The van der Waals surface area contributed by atoms with Crippen molar-refractivity contribution < 1.29 is 37.4 Å². The number of nitrogens with two attached hydrogens (primary N) is 1. The molecule has 2 amide bonds. The first-order valence-electron chi connectivity index (χ1n) is 13.1. The average Bonchev–Trinajstić information content (AvgIpc) is 2.83. The molecule has 5 N–H and O–H groups in total. The Hall–Kier alpha value is -2.66. The van der Waals surface area contributed by atoms with Crippen molar-refractivity contribution in [2.45, 2.75) is 78.6 Å². The molecule has 0 unspecified atom stereocenters. The van der Waals surface area contributed by atoms with Crippen LogP contribution in [0.2, 0.25) is 0 Å². The van der Waals surface area contributed by atoms with Crippen molar-refractivity contribution in [3.8, 4) is 5.75 Å². The fraction of sp³-hybridized carbons (Fsp3) is 0.667. The van der Waals surface area contributed by atoms with Crippen molar-refractivity contribution in [1.29, 1.82) is 0 Å². The van der Waals surface area contributed by atoms with Crippen LogP contribution in [0.1, 0.15) is 70.7 Å². The van der Waals surface area contributed by atoms with Crippen molar-refractivity contribution in [1.82, 2.24) is 10.6 Å². The van der Waals surface area contributed by atoms with Gasteiger partial charge in [-0.25, -0.2) is 4.79 Å². The van der Waals surface area contributed by atoms with Gasteiger partial charge in [0, 0.05) is 25.0 Å². The van der Waals surface area contributed by atoms with Gasteiger partial charge in [0.2, 0.25) is 5.91 Å². The Labute approximate surface area is 222 Å². The zero-order valence-electron chi connectivity index (χ0n) is 22.8. The number of esters is 1. The van der Waals surface area contributed by atoms with E-state index in [0.717, 1.165) is 18.9 Å². The summed E-state index contributed by atoms with van der Waals surface area (Å²) in [5, 5.41) is 16.4. The lowest BCUT2D eigenvalue weighted by atomic mass is 9.83. The number of nitrogens with one attached hydrogen (secondary N) is 2. The molecule has 0 bridgehead atoms. The number of carbonyl (C=O) groups excluding carboxylic acids is 3. The molecule has 0 aliphatic heterocycles. The Kier molecular flexibility index (Phi) is 13.8. The maximum Gasteiger partial charge on any atom is 0.491 e. The van der Waals surface area contributed by atoms with Gasteiger partial charge in [0.1, 0.15) is 5.75 Å². The Morgan fingerprint density at radius 3 is 2.21 bits per heavy atom. The third-order valence-electron chi connectivity index (χ3n) is 6.57. The van der Waals surface area contributed by atoms with E-state index in [-0.39, 0.29) is 42.2 Å². The van der Waals surface area contributed by atoms with E-state index in [1.807, 2.05) is 34.6 Å². The number of halogens is 3. The SMILES string of the molecule is CCCCNC(=O)[C@@H](C[C@H](O)[C@@H](N)C[C@H](CNC(=O)c1ccccc1OC(=O)C(F)(F)F)C(C)C)C(C)C. The number of amides is 2. The molecule has 4 atom stereocenters. The summed E-state index contributed by atoms with van der Waals surface area (Å²) >= 11 is 0. The van der Waals surface area contributed by atoms with E-state index in [4.69, 9.17) is 5.73 Å². The zero-order valence-corrected chi connectivity index (χ0v) is 22.8. The fourth-order valence-corrected chi connectivity index (χ4v) is 3.95. The molecule has 0 fully saturated rings. The summed E-state index contributed by atoms with van der Waals surface area (Å²) in [6.45, 7) is 10.4. The van der Waals surface area contributed by atoms with Gasteiger partial charge in [0.25, 0.3) is 5.91 Å². The Balaban J connectivity index is 2.81. The van der Waals surface area contributed by atoms with Gasteiger partial charge < -0.3 is 26.2 Å². The number of para-hydroxylation sites is 1. The normalized spacial score (nSPS) is 15.1. The van der Waals surface area contributed by atoms with Crippen LogP contribution in [0.25, 0.3) is 0 Å². The fourth-order valence-electron chi connectivity index (χ4n) is 3.95. The van der Waals surface area contributed by atoms with Gasteiger partial charge >= 0.3 is 12.1 Å². The molecular formula is C27H42F3N3O5. The van der Waals surface area contributed by atoms with Crippen molar-refractivity contribution in [3.63, 3.8) is 0 Å². The quantitative estimate of drug-likeness (QED) is 0.151. The minimum atomic E-state index is -5.20. The van der Waals surface area contributed by atoms with Crippen LogP contribution >= 0.6 is 0 Å². The Morgan fingerprint density at radius 1 is 1.03 bits per heavy atom. The predicted molar refractivity (Wildman–Crippen MR) is 138 cm³/mol. The second-order valence-corrected chi connectivity index (χ2v) is 10.3. The lowest BCUT2D eigenvalue weighted by Gasteiger charge is -2.30. The molecule has 1 aromatic carbocycles. The molecule has 0 aliphatic rings. The molecule has 0 aliphatic carbocycles. The highest BCUT2D eigenvalue weighted by molar-refractivity contribution is 5.97. The molecule has 1 rings (SSSR count). The van der Waals surface area contributed by atoms with Gasteiger partial charge in [-0.3, -0.25) is 9.59 Å². The van der Waals surface area contributed by atoms with E-state index in [1.165, 1.54) is 18.2 Å². The largest absolute Gasteiger partial charge is 0.491 e. The third-order valence-corrected chi connectivity index (χ3v) is 6.57. The van der Waals surface area contributed by atoms with Crippen LogP contribution < -0.4 is 21.1 Å². The van der Waals surface area contributed by atoms with Crippen LogP contribution in [-0.2, 0) is 9.59 Å². The van der Waals surface area contributed by atoms with Gasteiger partial charge in [-0.05, 0) is 49.1 Å². The van der Waals surface area contributed by atoms with Crippen molar-refractivity contribution in [3.05, 3.63) is 29.8 Å². The van der Waals surface area contributed by atoms with E-state index in [1.54, 1.807) is 0 Å². The molecule has 1 aromatic rings. The highest BCUT2D eigenvalue weighted by Crippen LogP contribution is 2.25. The van der Waals surface area contributed by atoms with E-state index in [2.05, 4.69) is 15.4 Å². The Bertz CT molecular complexity index is 908. The molecule has 0 saturated heterocycles. The second-order valence-electron chi connectivity index (χ2n) is 10.3. The monoisotopic (exact) mass is 545 g/mol. The van der Waals surface area contributed by atoms with Crippen LogP contribution in [0.3, 0.4) is 0 Å². The third kappa shape index (κ3) is 11.0. The number of carbonyl (C=O) groups is 3. The molecule has 0 spiro atoms. The first-order chi connectivity index (χ1) is 17.7. The number of aliphatic hydroxyl groups excluding tert-OH is 1. The van der Waals surface area contributed by atoms with E-state index in [0.29, 0.717) is 13.0 Å². The minimum absolute atomic E-state index is 0.00479. The summed E-state index contributed by atoms with van der Waals surface area (Å²) in [4.78, 5) is 36.6. The number of hydrogen-bond donors (Lipinski definition) is 4. The molecule has 11 heteroatoms. The molecular weight excluding hydrogens is 503 g/mol. The van der Waals surface area contributed by atoms with Gasteiger partial charge in [-0.15, -0.1) is 0 Å². The number of alkyl halides is 3. The molecule has 0 saturated carbocycles. The molecule has 0 heterocycles. The van der Waals surface area contributed by atoms with Crippen LogP contribution in [0.5, 0.6) is 5.75 Å². The second kappa shape index (κ2) is 15.7. The average molecular weight is 546 g/mol. The topological polar surface area (TPSA) is 131 Å². The highest BCUT2D eigenvalue weighted by atomic mass is 19.4.